The number of rotatable bonds is 4. The maximum absolute atomic E-state index is 12.0. The molecular weight excluding hydrogens is 300 g/mol. The number of nitrogens with zero attached hydrogens (tertiary/aromatic N) is 1. The van der Waals surface area contributed by atoms with Gasteiger partial charge in [-0.3, -0.25) is 10.1 Å². The van der Waals surface area contributed by atoms with E-state index < -0.39 is 11.7 Å². The van der Waals surface area contributed by atoms with Crippen LogP contribution in [0.5, 0.6) is 5.75 Å². The second-order valence-corrected chi connectivity index (χ2v) is 6.14. The highest BCUT2D eigenvalue weighted by Crippen LogP contribution is 2.34. The van der Waals surface area contributed by atoms with Crippen LogP contribution >= 0.6 is 0 Å². The second kappa shape index (κ2) is 6.87. The molecule has 0 spiro atoms. The first kappa shape index (κ1) is 17.1. The van der Waals surface area contributed by atoms with Gasteiger partial charge in [0.25, 0.3) is 5.91 Å². The van der Waals surface area contributed by atoms with E-state index in [0.717, 1.165) is 0 Å². The van der Waals surface area contributed by atoms with Gasteiger partial charge in [-0.15, -0.1) is 0 Å². The molecule has 2 amide bonds. The fourth-order valence-corrected chi connectivity index (χ4v) is 2.13. The number of amides is 2. The van der Waals surface area contributed by atoms with Gasteiger partial charge in [0.2, 0.25) is 0 Å². The molecule has 0 fully saturated rings. The lowest BCUT2D eigenvalue weighted by molar-refractivity contribution is -0.121. The largest absolute Gasteiger partial charge is 0.482 e. The smallest absolute Gasteiger partial charge is 0.412 e. The molecule has 7 heteroatoms. The van der Waals surface area contributed by atoms with Crippen LogP contribution in [0.1, 0.15) is 20.8 Å². The zero-order valence-corrected chi connectivity index (χ0v) is 13.8. The molecule has 1 heterocycles. The van der Waals surface area contributed by atoms with E-state index in [1.54, 1.807) is 51.0 Å². The van der Waals surface area contributed by atoms with Crippen LogP contribution in [0.2, 0.25) is 0 Å². The fraction of sp³-hybridized carbons (Fsp3) is 0.500. The first-order valence-corrected chi connectivity index (χ1v) is 7.36. The fourth-order valence-electron chi connectivity index (χ4n) is 2.13. The number of methoxy groups -OCH3 is 1. The number of carbonyl (C=O) groups is 2. The summed E-state index contributed by atoms with van der Waals surface area (Å²) in [7, 11) is 1.58. The quantitative estimate of drug-likeness (QED) is 0.921. The van der Waals surface area contributed by atoms with Gasteiger partial charge in [0.15, 0.2) is 6.61 Å². The molecule has 2 rings (SSSR count). The molecule has 0 saturated heterocycles. The van der Waals surface area contributed by atoms with Gasteiger partial charge in [-0.05, 0) is 39.0 Å². The van der Waals surface area contributed by atoms with Crippen LogP contribution in [0.4, 0.5) is 16.2 Å². The molecular formula is C16H22N2O5. The van der Waals surface area contributed by atoms with E-state index in [4.69, 9.17) is 14.2 Å². The molecule has 1 aliphatic heterocycles. The number of hydrogen-bond acceptors (Lipinski definition) is 5. The van der Waals surface area contributed by atoms with Crippen molar-refractivity contribution in [2.24, 2.45) is 0 Å². The number of fused-ring (bicyclic) bond motifs is 1. The molecule has 0 saturated carbocycles. The van der Waals surface area contributed by atoms with Crippen LogP contribution in [-0.2, 0) is 14.3 Å². The Balaban J connectivity index is 2.17. The lowest BCUT2D eigenvalue weighted by Gasteiger charge is -2.29. The van der Waals surface area contributed by atoms with Gasteiger partial charge in [0.05, 0.1) is 12.3 Å². The zero-order valence-electron chi connectivity index (χ0n) is 13.8. The molecule has 0 aliphatic carbocycles. The summed E-state index contributed by atoms with van der Waals surface area (Å²) in [6, 6.07) is 5.10. The van der Waals surface area contributed by atoms with Crippen molar-refractivity contribution in [2.75, 3.05) is 37.1 Å². The minimum absolute atomic E-state index is 0.00441. The van der Waals surface area contributed by atoms with Crippen LogP contribution in [-0.4, -0.2) is 44.5 Å². The summed E-state index contributed by atoms with van der Waals surface area (Å²) in [5.74, 6) is 0.444. The summed E-state index contributed by atoms with van der Waals surface area (Å²) in [6.45, 7) is 6.20. The van der Waals surface area contributed by atoms with Gasteiger partial charge in [0.1, 0.15) is 11.4 Å². The van der Waals surface area contributed by atoms with E-state index in [9.17, 15) is 9.59 Å². The van der Waals surface area contributed by atoms with Crippen LogP contribution in [0.15, 0.2) is 18.2 Å². The molecule has 1 N–H and O–H groups in total. The minimum atomic E-state index is -0.581. The number of anilines is 2. The standard InChI is InChI=1S/C16H22N2O5/c1-16(2,3)23-15(20)17-11-5-6-13-12(9-11)18(7-8-21-4)14(19)10-22-13/h5-6,9H,7-8,10H2,1-4H3,(H,17,20). The van der Waals surface area contributed by atoms with Crippen molar-refractivity contribution in [1.82, 2.24) is 0 Å². The third kappa shape index (κ3) is 4.59. The Morgan fingerprint density at radius 2 is 2.13 bits per heavy atom. The van der Waals surface area contributed by atoms with E-state index in [1.165, 1.54) is 0 Å². The molecule has 7 nitrogen and oxygen atoms in total. The SMILES string of the molecule is COCCN1C(=O)COc2ccc(NC(=O)OC(C)(C)C)cc21. The van der Waals surface area contributed by atoms with Crippen LogP contribution in [0, 0.1) is 0 Å². The lowest BCUT2D eigenvalue weighted by Crippen LogP contribution is -2.40. The number of carbonyl (C=O) groups excluding carboxylic acids is 2. The minimum Gasteiger partial charge on any atom is -0.482 e. The van der Waals surface area contributed by atoms with Crippen molar-refractivity contribution in [3.05, 3.63) is 18.2 Å². The second-order valence-electron chi connectivity index (χ2n) is 6.14. The summed E-state index contributed by atoms with van der Waals surface area (Å²) in [5, 5.41) is 2.65. The Hall–Kier alpha value is -2.28. The van der Waals surface area contributed by atoms with Crippen molar-refractivity contribution < 1.29 is 23.8 Å². The van der Waals surface area contributed by atoms with E-state index in [0.29, 0.717) is 30.3 Å². The Labute approximate surface area is 135 Å². The summed E-state index contributed by atoms with van der Waals surface area (Å²) in [4.78, 5) is 25.5. The van der Waals surface area contributed by atoms with Crippen molar-refractivity contribution in [3.63, 3.8) is 0 Å². The number of ether oxygens (including phenoxy) is 3. The molecule has 1 aromatic rings. The molecule has 0 bridgehead atoms. The highest BCUT2D eigenvalue weighted by molar-refractivity contribution is 5.99. The average molecular weight is 322 g/mol. The van der Waals surface area contributed by atoms with Crippen molar-refractivity contribution >= 4 is 23.4 Å². The maximum atomic E-state index is 12.0. The molecule has 23 heavy (non-hydrogen) atoms. The third-order valence-electron chi connectivity index (χ3n) is 3.07. The predicted molar refractivity (Wildman–Crippen MR) is 86.0 cm³/mol. The molecule has 1 aliphatic rings. The number of benzene rings is 1. The van der Waals surface area contributed by atoms with Gasteiger partial charge in [0, 0.05) is 19.3 Å². The van der Waals surface area contributed by atoms with E-state index in [-0.39, 0.29) is 12.5 Å². The van der Waals surface area contributed by atoms with Gasteiger partial charge >= 0.3 is 6.09 Å². The Morgan fingerprint density at radius 1 is 1.39 bits per heavy atom. The summed E-state index contributed by atoms with van der Waals surface area (Å²) >= 11 is 0. The average Bonchev–Trinajstić information content (AvgIpc) is 2.44. The Morgan fingerprint density at radius 3 is 2.78 bits per heavy atom. The molecule has 0 atom stereocenters. The Kier molecular flexibility index (Phi) is 5.10. The van der Waals surface area contributed by atoms with E-state index in [2.05, 4.69) is 5.32 Å². The van der Waals surface area contributed by atoms with Gasteiger partial charge in [-0.25, -0.2) is 4.79 Å². The highest BCUT2D eigenvalue weighted by Gasteiger charge is 2.26. The first-order valence-electron chi connectivity index (χ1n) is 7.36. The molecule has 1 aromatic carbocycles. The normalized spacial score (nSPS) is 14.1. The van der Waals surface area contributed by atoms with Crippen molar-refractivity contribution in [1.29, 1.82) is 0 Å². The van der Waals surface area contributed by atoms with Crippen LogP contribution in [0.25, 0.3) is 0 Å². The molecule has 0 unspecified atom stereocenters. The lowest BCUT2D eigenvalue weighted by atomic mass is 10.2. The van der Waals surface area contributed by atoms with Gasteiger partial charge in [-0.2, -0.15) is 0 Å². The third-order valence-corrected chi connectivity index (χ3v) is 3.07. The van der Waals surface area contributed by atoms with Crippen molar-refractivity contribution in [2.45, 2.75) is 26.4 Å². The first-order chi connectivity index (χ1) is 10.8. The molecule has 0 aromatic heterocycles. The zero-order chi connectivity index (χ0) is 17.0. The number of nitrogens with one attached hydrogen (secondary N) is 1. The van der Waals surface area contributed by atoms with Crippen molar-refractivity contribution in [3.8, 4) is 5.75 Å². The molecule has 0 radical (unpaired) electrons. The summed E-state index contributed by atoms with van der Waals surface area (Å²) in [5.41, 5.74) is 0.549. The van der Waals surface area contributed by atoms with E-state index >= 15 is 0 Å². The van der Waals surface area contributed by atoms with Gasteiger partial charge in [-0.1, -0.05) is 0 Å². The highest BCUT2D eigenvalue weighted by atomic mass is 16.6. The topological polar surface area (TPSA) is 77.1 Å². The monoisotopic (exact) mass is 322 g/mol. The Bertz CT molecular complexity index is 595. The van der Waals surface area contributed by atoms with Crippen LogP contribution in [0.3, 0.4) is 0 Å². The van der Waals surface area contributed by atoms with Crippen LogP contribution < -0.4 is 15.0 Å². The van der Waals surface area contributed by atoms with E-state index in [1.807, 2.05) is 0 Å². The molecule has 126 valence electrons. The van der Waals surface area contributed by atoms with Gasteiger partial charge < -0.3 is 19.1 Å². The number of hydrogen-bond donors (Lipinski definition) is 1. The summed E-state index contributed by atoms with van der Waals surface area (Å²) < 4.78 is 15.7. The summed E-state index contributed by atoms with van der Waals surface area (Å²) in [6.07, 6.45) is -0.552. The maximum Gasteiger partial charge on any atom is 0.412 e. The predicted octanol–water partition coefficient (Wildman–Crippen LogP) is 2.41.